The highest BCUT2D eigenvalue weighted by molar-refractivity contribution is 5.93. The van der Waals surface area contributed by atoms with Gasteiger partial charge >= 0.3 is 18.2 Å². The Morgan fingerprint density at radius 3 is 2.44 bits per heavy atom. The molecule has 4 N–H and O–H groups in total. The molecular formula is C8H9F3N4O3. The third-order valence-corrected chi connectivity index (χ3v) is 2.11. The molecule has 0 radical (unpaired) electrons. The van der Waals surface area contributed by atoms with E-state index in [-0.39, 0.29) is 5.69 Å². The van der Waals surface area contributed by atoms with Gasteiger partial charge in [0.25, 0.3) is 0 Å². The van der Waals surface area contributed by atoms with E-state index in [0.29, 0.717) is 6.92 Å². The van der Waals surface area contributed by atoms with Gasteiger partial charge in [0.1, 0.15) is 0 Å². The maximum Gasteiger partial charge on any atom is 0.422 e. The molecule has 1 heterocycles. The van der Waals surface area contributed by atoms with Crippen LogP contribution in [-0.2, 0) is 4.79 Å². The molecule has 0 saturated heterocycles. The van der Waals surface area contributed by atoms with Crippen molar-refractivity contribution in [1.29, 1.82) is 0 Å². The molecule has 0 aliphatic rings. The van der Waals surface area contributed by atoms with Crippen LogP contribution in [0.4, 0.5) is 23.7 Å². The largest absolute Gasteiger partial charge is 0.479 e. The van der Waals surface area contributed by atoms with Gasteiger partial charge in [-0.05, 0) is 6.92 Å². The molecular weight excluding hydrogens is 257 g/mol. The molecule has 0 aliphatic carbocycles. The fourth-order valence-corrected chi connectivity index (χ4v) is 0.954. The van der Waals surface area contributed by atoms with Crippen molar-refractivity contribution in [2.75, 3.05) is 5.32 Å². The number of urea groups is 1. The van der Waals surface area contributed by atoms with E-state index in [0.717, 1.165) is 6.20 Å². The standard InChI is InChI=1S/C8H9F3N4O3/c1-7(5(16)17,8(9,10)11)15-6(18)14-4-2-12-13-3-4/h2-3H,1H3,(H,12,13)(H,16,17)(H2,14,15,18). The van der Waals surface area contributed by atoms with Gasteiger partial charge in [0.05, 0.1) is 11.9 Å². The van der Waals surface area contributed by atoms with Crippen LogP contribution in [0.2, 0.25) is 0 Å². The summed E-state index contributed by atoms with van der Waals surface area (Å²) < 4.78 is 37.7. The number of alkyl halides is 3. The second-order valence-electron chi connectivity index (χ2n) is 3.49. The van der Waals surface area contributed by atoms with E-state index in [1.54, 1.807) is 0 Å². The molecule has 1 rings (SSSR count). The molecule has 0 saturated carbocycles. The lowest BCUT2D eigenvalue weighted by atomic mass is 10.0. The molecule has 0 fully saturated rings. The van der Waals surface area contributed by atoms with Crippen LogP contribution in [-0.4, -0.2) is 39.0 Å². The zero-order valence-electron chi connectivity index (χ0n) is 9.00. The quantitative estimate of drug-likeness (QED) is 0.653. The summed E-state index contributed by atoms with van der Waals surface area (Å²) in [6.45, 7) is 0.351. The molecule has 1 atom stereocenters. The lowest BCUT2D eigenvalue weighted by molar-refractivity contribution is -0.203. The maximum absolute atomic E-state index is 12.6. The van der Waals surface area contributed by atoms with Crippen LogP contribution in [0.3, 0.4) is 0 Å². The molecule has 0 aromatic carbocycles. The highest BCUT2D eigenvalue weighted by Crippen LogP contribution is 2.30. The van der Waals surface area contributed by atoms with Crippen LogP contribution in [0.5, 0.6) is 0 Å². The van der Waals surface area contributed by atoms with Crippen molar-refractivity contribution >= 4 is 17.7 Å². The van der Waals surface area contributed by atoms with Gasteiger partial charge < -0.3 is 15.7 Å². The number of carbonyl (C=O) groups excluding carboxylic acids is 1. The Morgan fingerprint density at radius 1 is 1.44 bits per heavy atom. The normalized spacial score (nSPS) is 14.7. The van der Waals surface area contributed by atoms with Crippen LogP contribution in [0.15, 0.2) is 12.4 Å². The number of carbonyl (C=O) groups is 2. The summed E-state index contributed by atoms with van der Waals surface area (Å²) in [6.07, 6.45) is -2.77. The van der Waals surface area contributed by atoms with Crippen molar-refractivity contribution in [3.8, 4) is 0 Å². The number of hydrogen-bond donors (Lipinski definition) is 4. The summed E-state index contributed by atoms with van der Waals surface area (Å²) in [4.78, 5) is 21.9. The number of nitrogens with one attached hydrogen (secondary N) is 3. The number of aliphatic carboxylic acids is 1. The molecule has 10 heteroatoms. The summed E-state index contributed by atoms with van der Waals surface area (Å²) in [6, 6.07) is -1.31. The SMILES string of the molecule is CC(NC(=O)Nc1cn[nH]c1)(C(=O)O)C(F)(F)F. The van der Waals surface area contributed by atoms with Crippen LogP contribution in [0.1, 0.15) is 6.92 Å². The number of aromatic nitrogens is 2. The number of carboxylic acid groups (broad SMARTS) is 1. The topological polar surface area (TPSA) is 107 Å². The number of aromatic amines is 1. The van der Waals surface area contributed by atoms with E-state index in [9.17, 15) is 22.8 Å². The first-order valence-electron chi connectivity index (χ1n) is 4.55. The van der Waals surface area contributed by atoms with Gasteiger partial charge in [0.2, 0.25) is 5.54 Å². The molecule has 0 bridgehead atoms. The van der Waals surface area contributed by atoms with E-state index in [4.69, 9.17) is 5.11 Å². The van der Waals surface area contributed by atoms with E-state index < -0.39 is 23.7 Å². The third-order valence-electron chi connectivity index (χ3n) is 2.11. The van der Waals surface area contributed by atoms with Crippen molar-refractivity contribution in [1.82, 2.24) is 15.5 Å². The molecule has 1 unspecified atom stereocenters. The first-order chi connectivity index (χ1) is 8.17. The molecule has 1 aromatic heterocycles. The van der Waals surface area contributed by atoms with Crippen molar-refractivity contribution < 1.29 is 27.9 Å². The number of H-pyrrole nitrogens is 1. The summed E-state index contributed by atoms with van der Waals surface area (Å²) in [5, 5.41) is 17.7. The summed E-state index contributed by atoms with van der Waals surface area (Å²) in [5.74, 6) is -2.21. The number of hydrogen-bond acceptors (Lipinski definition) is 3. The molecule has 100 valence electrons. The number of halogens is 3. The number of nitrogens with zero attached hydrogens (tertiary/aromatic N) is 1. The Balaban J connectivity index is 2.80. The number of carboxylic acids is 1. The Labute approximate surface area is 98.4 Å². The number of anilines is 1. The fourth-order valence-electron chi connectivity index (χ4n) is 0.954. The molecule has 1 aromatic rings. The van der Waals surface area contributed by atoms with Crippen molar-refractivity contribution in [3.05, 3.63) is 12.4 Å². The third kappa shape index (κ3) is 2.70. The van der Waals surface area contributed by atoms with Gasteiger partial charge in [-0.25, -0.2) is 9.59 Å². The smallest absolute Gasteiger partial charge is 0.422 e. The van der Waals surface area contributed by atoms with Crippen molar-refractivity contribution in [2.24, 2.45) is 0 Å². The van der Waals surface area contributed by atoms with Gasteiger partial charge in [-0.3, -0.25) is 5.10 Å². The average Bonchev–Trinajstić information content (AvgIpc) is 2.67. The van der Waals surface area contributed by atoms with Gasteiger partial charge in [-0.1, -0.05) is 0 Å². The van der Waals surface area contributed by atoms with Gasteiger partial charge in [0, 0.05) is 6.20 Å². The van der Waals surface area contributed by atoms with Crippen molar-refractivity contribution in [2.45, 2.75) is 18.6 Å². The van der Waals surface area contributed by atoms with E-state index in [2.05, 4.69) is 10.2 Å². The highest BCUT2D eigenvalue weighted by atomic mass is 19.4. The van der Waals surface area contributed by atoms with Gasteiger partial charge in [0.15, 0.2) is 0 Å². The van der Waals surface area contributed by atoms with Crippen LogP contribution >= 0.6 is 0 Å². The summed E-state index contributed by atoms with van der Waals surface area (Å²) >= 11 is 0. The van der Waals surface area contributed by atoms with E-state index in [1.165, 1.54) is 11.5 Å². The summed E-state index contributed by atoms with van der Waals surface area (Å²) in [5.41, 5.74) is -3.27. The molecule has 0 spiro atoms. The first-order valence-corrected chi connectivity index (χ1v) is 4.55. The predicted octanol–water partition coefficient (Wildman–Crippen LogP) is 0.937. The maximum atomic E-state index is 12.6. The van der Waals surface area contributed by atoms with Gasteiger partial charge in [-0.15, -0.1) is 0 Å². The minimum absolute atomic E-state index is 0.0995. The van der Waals surface area contributed by atoms with Crippen LogP contribution in [0, 0.1) is 0 Å². The lowest BCUT2D eigenvalue weighted by Gasteiger charge is -2.28. The average molecular weight is 266 g/mol. The monoisotopic (exact) mass is 266 g/mol. The highest BCUT2D eigenvalue weighted by Gasteiger charge is 2.58. The van der Waals surface area contributed by atoms with Crippen molar-refractivity contribution in [3.63, 3.8) is 0 Å². The predicted molar refractivity (Wildman–Crippen MR) is 52.8 cm³/mol. The minimum Gasteiger partial charge on any atom is -0.479 e. The number of amides is 2. The molecule has 2 amide bonds. The van der Waals surface area contributed by atoms with Crippen LogP contribution < -0.4 is 10.6 Å². The van der Waals surface area contributed by atoms with E-state index >= 15 is 0 Å². The summed E-state index contributed by atoms with van der Waals surface area (Å²) in [7, 11) is 0. The lowest BCUT2D eigenvalue weighted by Crippen LogP contribution is -2.62. The zero-order chi connectivity index (χ0) is 14.0. The zero-order valence-corrected chi connectivity index (χ0v) is 9.00. The molecule has 7 nitrogen and oxygen atoms in total. The fraction of sp³-hybridized carbons (Fsp3) is 0.375. The molecule has 18 heavy (non-hydrogen) atoms. The Morgan fingerprint density at radius 2 is 2.06 bits per heavy atom. The van der Waals surface area contributed by atoms with Gasteiger partial charge in [-0.2, -0.15) is 18.3 Å². The Kier molecular flexibility index (Phi) is 3.49. The Bertz CT molecular complexity index is 445. The minimum atomic E-state index is -5.13. The van der Waals surface area contributed by atoms with E-state index in [1.807, 2.05) is 5.32 Å². The second kappa shape index (κ2) is 4.55. The first kappa shape index (κ1) is 13.8. The number of rotatable bonds is 3. The molecule has 0 aliphatic heterocycles. The van der Waals surface area contributed by atoms with Crippen LogP contribution in [0.25, 0.3) is 0 Å². The Hall–Kier alpha value is -2.26. The second-order valence-corrected chi connectivity index (χ2v) is 3.49.